The number of fused-ring (bicyclic) bond motifs is 1. The minimum Gasteiger partial charge on any atom is -0.489 e. The average molecular weight is 359 g/mol. The van der Waals surface area contributed by atoms with Crippen molar-refractivity contribution >= 4 is 24.0 Å². The van der Waals surface area contributed by atoms with Crippen LogP contribution in [-0.2, 0) is 6.54 Å². The summed E-state index contributed by atoms with van der Waals surface area (Å²) in [6.45, 7) is 7.02. The average Bonchev–Trinajstić information content (AvgIpc) is 3.04. The molecule has 0 aromatic heterocycles. The molecule has 0 aliphatic carbocycles. The zero-order chi connectivity index (χ0) is 15.0. The summed E-state index contributed by atoms with van der Waals surface area (Å²) in [6.07, 6.45) is 3.52. The van der Waals surface area contributed by atoms with Gasteiger partial charge in [-0.25, -0.2) is 0 Å². The monoisotopic (exact) mass is 358 g/mol. The van der Waals surface area contributed by atoms with E-state index in [0.717, 1.165) is 18.7 Å². The molecule has 0 amide bonds. The number of halogens is 2. The first kappa shape index (κ1) is 17.2. The van der Waals surface area contributed by atoms with Gasteiger partial charge in [0.25, 0.3) is 0 Å². The molecule has 1 unspecified atom stereocenters. The molecule has 1 spiro atoms. The van der Waals surface area contributed by atoms with Gasteiger partial charge in [-0.05, 0) is 49.0 Å². The maximum atomic E-state index is 6.39. The third-order valence-electron chi connectivity index (χ3n) is 5.12. The standard InChI is InChI=1S/C17H23ClN2O2.ClH/c18-14-8-13(9-15-16(14)22-7-1-6-21-15)10-20-5-3-17(12-20)2-4-19-11-17;/h8-9,19H,1-7,10-12H2;1H. The van der Waals surface area contributed by atoms with E-state index in [-0.39, 0.29) is 12.4 Å². The molecule has 1 N–H and O–H groups in total. The van der Waals surface area contributed by atoms with E-state index in [0.29, 0.717) is 29.4 Å². The number of nitrogens with one attached hydrogen (secondary N) is 1. The Morgan fingerprint density at radius 2 is 2.09 bits per heavy atom. The van der Waals surface area contributed by atoms with Crippen molar-refractivity contribution in [1.82, 2.24) is 10.2 Å². The lowest BCUT2D eigenvalue weighted by molar-refractivity contribution is 0.268. The minimum absolute atomic E-state index is 0. The topological polar surface area (TPSA) is 33.7 Å². The largest absolute Gasteiger partial charge is 0.489 e. The van der Waals surface area contributed by atoms with Gasteiger partial charge in [-0.1, -0.05) is 11.6 Å². The summed E-state index contributed by atoms with van der Waals surface area (Å²) < 4.78 is 11.5. The summed E-state index contributed by atoms with van der Waals surface area (Å²) in [5, 5.41) is 4.18. The van der Waals surface area contributed by atoms with Gasteiger partial charge in [0.15, 0.2) is 11.5 Å². The Kier molecular flexibility index (Phi) is 5.26. The molecular weight excluding hydrogens is 335 g/mol. The molecule has 0 radical (unpaired) electrons. The minimum atomic E-state index is 0. The van der Waals surface area contributed by atoms with Crippen molar-refractivity contribution in [3.63, 3.8) is 0 Å². The number of hydrogen-bond donors (Lipinski definition) is 1. The number of benzene rings is 1. The van der Waals surface area contributed by atoms with Crippen molar-refractivity contribution in [2.24, 2.45) is 5.41 Å². The quantitative estimate of drug-likeness (QED) is 0.880. The lowest BCUT2D eigenvalue weighted by Gasteiger charge is -2.23. The van der Waals surface area contributed by atoms with Crippen LogP contribution < -0.4 is 14.8 Å². The van der Waals surface area contributed by atoms with Gasteiger partial charge in [-0.3, -0.25) is 4.90 Å². The summed E-state index contributed by atoms with van der Waals surface area (Å²) in [4.78, 5) is 2.54. The first-order valence-electron chi connectivity index (χ1n) is 8.25. The first-order chi connectivity index (χ1) is 10.7. The molecule has 1 aromatic carbocycles. The van der Waals surface area contributed by atoms with Crippen LogP contribution in [0.15, 0.2) is 12.1 Å². The summed E-state index contributed by atoms with van der Waals surface area (Å²) in [6, 6.07) is 4.14. The lowest BCUT2D eigenvalue weighted by Crippen LogP contribution is -2.28. The van der Waals surface area contributed by atoms with Crippen LogP contribution in [0, 0.1) is 5.41 Å². The molecule has 3 heterocycles. The van der Waals surface area contributed by atoms with Gasteiger partial charge >= 0.3 is 0 Å². The van der Waals surface area contributed by atoms with Crippen LogP contribution in [0.1, 0.15) is 24.8 Å². The van der Waals surface area contributed by atoms with E-state index < -0.39 is 0 Å². The maximum absolute atomic E-state index is 6.39. The smallest absolute Gasteiger partial charge is 0.179 e. The Balaban J connectivity index is 0.00000156. The van der Waals surface area contributed by atoms with Gasteiger partial charge in [-0.2, -0.15) is 0 Å². The molecule has 3 aliphatic heterocycles. The molecule has 23 heavy (non-hydrogen) atoms. The van der Waals surface area contributed by atoms with Crippen LogP contribution in [0.25, 0.3) is 0 Å². The Morgan fingerprint density at radius 3 is 2.91 bits per heavy atom. The molecule has 6 heteroatoms. The molecule has 1 aromatic rings. The van der Waals surface area contributed by atoms with Crippen LogP contribution in [0.4, 0.5) is 0 Å². The Hall–Kier alpha value is -0.680. The van der Waals surface area contributed by atoms with E-state index in [1.807, 2.05) is 6.07 Å². The second kappa shape index (κ2) is 7.06. The molecule has 4 nitrogen and oxygen atoms in total. The second-order valence-corrected chi connectivity index (χ2v) is 7.25. The van der Waals surface area contributed by atoms with Crippen LogP contribution in [-0.4, -0.2) is 44.3 Å². The van der Waals surface area contributed by atoms with E-state index in [1.165, 1.54) is 44.6 Å². The van der Waals surface area contributed by atoms with Crippen LogP contribution >= 0.6 is 24.0 Å². The summed E-state index contributed by atoms with van der Waals surface area (Å²) in [7, 11) is 0. The summed E-state index contributed by atoms with van der Waals surface area (Å²) >= 11 is 6.39. The van der Waals surface area contributed by atoms with E-state index in [9.17, 15) is 0 Å². The van der Waals surface area contributed by atoms with E-state index in [2.05, 4.69) is 16.3 Å². The van der Waals surface area contributed by atoms with E-state index in [1.54, 1.807) is 0 Å². The van der Waals surface area contributed by atoms with Crippen LogP contribution in [0.3, 0.4) is 0 Å². The highest BCUT2D eigenvalue weighted by molar-refractivity contribution is 6.32. The van der Waals surface area contributed by atoms with Crippen LogP contribution in [0.2, 0.25) is 5.02 Å². The van der Waals surface area contributed by atoms with Gasteiger partial charge < -0.3 is 14.8 Å². The first-order valence-corrected chi connectivity index (χ1v) is 8.63. The molecule has 0 saturated carbocycles. The fourth-order valence-electron chi connectivity index (χ4n) is 3.94. The lowest BCUT2D eigenvalue weighted by atomic mass is 9.86. The predicted molar refractivity (Wildman–Crippen MR) is 94.1 cm³/mol. The normalized spacial score (nSPS) is 27.0. The van der Waals surface area contributed by atoms with Gasteiger partial charge in [-0.15, -0.1) is 12.4 Å². The summed E-state index contributed by atoms with van der Waals surface area (Å²) in [5.74, 6) is 1.51. The Bertz CT molecular complexity index is 562. The fourth-order valence-corrected chi connectivity index (χ4v) is 4.23. The predicted octanol–water partition coefficient (Wildman–Crippen LogP) is 3.11. The van der Waals surface area contributed by atoms with Gasteiger partial charge in [0.05, 0.1) is 18.2 Å². The zero-order valence-corrected chi connectivity index (χ0v) is 14.8. The SMILES string of the molecule is Cl.Clc1cc(CN2CCC3(CCNC3)C2)cc2c1OCCCO2. The molecule has 2 fully saturated rings. The van der Waals surface area contributed by atoms with Crippen molar-refractivity contribution in [2.45, 2.75) is 25.8 Å². The molecular formula is C17H24Cl2N2O2. The highest BCUT2D eigenvalue weighted by Gasteiger charge is 2.40. The van der Waals surface area contributed by atoms with E-state index >= 15 is 0 Å². The number of ether oxygens (including phenoxy) is 2. The Morgan fingerprint density at radius 1 is 1.22 bits per heavy atom. The number of hydrogen-bond acceptors (Lipinski definition) is 4. The zero-order valence-electron chi connectivity index (χ0n) is 13.3. The molecule has 2 saturated heterocycles. The second-order valence-electron chi connectivity index (χ2n) is 6.84. The molecule has 1 atom stereocenters. The number of likely N-dealkylation sites (tertiary alicyclic amines) is 1. The summed E-state index contributed by atoms with van der Waals surface area (Å²) in [5.41, 5.74) is 1.73. The van der Waals surface area contributed by atoms with E-state index in [4.69, 9.17) is 21.1 Å². The number of rotatable bonds is 2. The van der Waals surface area contributed by atoms with Crippen molar-refractivity contribution in [3.05, 3.63) is 22.7 Å². The molecule has 128 valence electrons. The highest BCUT2D eigenvalue weighted by atomic mass is 35.5. The molecule has 0 bridgehead atoms. The van der Waals surface area contributed by atoms with Crippen molar-refractivity contribution in [3.8, 4) is 11.5 Å². The van der Waals surface area contributed by atoms with Gasteiger partial charge in [0.1, 0.15) is 0 Å². The van der Waals surface area contributed by atoms with Crippen molar-refractivity contribution < 1.29 is 9.47 Å². The third-order valence-corrected chi connectivity index (χ3v) is 5.40. The Labute approximate surface area is 148 Å². The maximum Gasteiger partial charge on any atom is 0.179 e. The van der Waals surface area contributed by atoms with Gasteiger partial charge in [0, 0.05) is 26.1 Å². The molecule has 4 rings (SSSR count). The fraction of sp³-hybridized carbons (Fsp3) is 0.647. The van der Waals surface area contributed by atoms with Crippen LogP contribution in [0.5, 0.6) is 11.5 Å². The van der Waals surface area contributed by atoms with Crippen molar-refractivity contribution in [2.75, 3.05) is 39.4 Å². The highest BCUT2D eigenvalue weighted by Crippen LogP contribution is 2.40. The van der Waals surface area contributed by atoms with Gasteiger partial charge in [0.2, 0.25) is 0 Å². The third kappa shape index (κ3) is 3.55. The number of nitrogens with zero attached hydrogens (tertiary/aromatic N) is 1. The molecule has 3 aliphatic rings. The van der Waals surface area contributed by atoms with Crippen molar-refractivity contribution in [1.29, 1.82) is 0 Å².